The fourth-order valence-electron chi connectivity index (χ4n) is 2.48. The number of hydrogen-bond acceptors (Lipinski definition) is 4. The van der Waals surface area contributed by atoms with Crippen LogP contribution in [0.5, 0.6) is 5.75 Å². The smallest absolute Gasteiger partial charge is 0.356 e. The van der Waals surface area contributed by atoms with Crippen molar-refractivity contribution in [3.63, 3.8) is 0 Å². The van der Waals surface area contributed by atoms with Crippen LogP contribution in [0.25, 0.3) is 10.9 Å². The molecule has 0 unspecified atom stereocenters. The van der Waals surface area contributed by atoms with Crippen LogP contribution in [-0.2, 0) is 11.3 Å². The number of aromatic nitrogens is 1. The standard InChI is InChI=1S/C20H19NO3/c1-13-4-7-15(8-5-13)12-24-19-11-18(20(22)23-3)21-17-9-6-14(2)10-16(17)19/h4-11H,12H2,1-3H3. The third-order valence-electron chi connectivity index (χ3n) is 3.84. The van der Waals surface area contributed by atoms with Crippen LogP contribution in [0.3, 0.4) is 0 Å². The van der Waals surface area contributed by atoms with Gasteiger partial charge in [0, 0.05) is 11.5 Å². The lowest BCUT2D eigenvalue weighted by atomic mass is 10.1. The number of aryl methyl sites for hydroxylation is 2. The zero-order chi connectivity index (χ0) is 17.1. The number of carbonyl (C=O) groups excluding carboxylic acids is 1. The molecule has 1 heterocycles. The summed E-state index contributed by atoms with van der Waals surface area (Å²) >= 11 is 0. The largest absolute Gasteiger partial charge is 0.488 e. The number of methoxy groups -OCH3 is 1. The second kappa shape index (κ2) is 6.71. The third-order valence-corrected chi connectivity index (χ3v) is 3.84. The average molecular weight is 321 g/mol. The quantitative estimate of drug-likeness (QED) is 0.675. The van der Waals surface area contributed by atoms with Crippen molar-refractivity contribution in [2.75, 3.05) is 7.11 Å². The minimum Gasteiger partial charge on any atom is -0.488 e. The third kappa shape index (κ3) is 3.38. The van der Waals surface area contributed by atoms with Crippen LogP contribution < -0.4 is 4.74 Å². The van der Waals surface area contributed by atoms with Gasteiger partial charge in [-0.3, -0.25) is 0 Å². The highest BCUT2D eigenvalue weighted by Gasteiger charge is 2.13. The van der Waals surface area contributed by atoms with Gasteiger partial charge in [-0.15, -0.1) is 0 Å². The molecule has 122 valence electrons. The molecule has 0 amide bonds. The highest BCUT2D eigenvalue weighted by molar-refractivity contribution is 5.94. The molecule has 2 aromatic carbocycles. The molecule has 0 N–H and O–H groups in total. The fraction of sp³-hybridized carbons (Fsp3) is 0.200. The van der Waals surface area contributed by atoms with E-state index < -0.39 is 5.97 Å². The second-order valence-corrected chi connectivity index (χ2v) is 5.79. The molecule has 0 aliphatic heterocycles. The van der Waals surface area contributed by atoms with E-state index in [4.69, 9.17) is 9.47 Å². The Morgan fingerprint density at radius 1 is 1.00 bits per heavy atom. The Labute approximate surface area is 141 Å². The molecule has 1 aromatic heterocycles. The molecule has 24 heavy (non-hydrogen) atoms. The van der Waals surface area contributed by atoms with E-state index >= 15 is 0 Å². The molecule has 0 bridgehead atoms. The van der Waals surface area contributed by atoms with E-state index in [1.54, 1.807) is 6.07 Å². The van der Waals surface area contributed by atoms with Crippen molar-refractivity contribution in [3.8, 4) is 5.75 Å². The number of fused-ring (bicyclic) bond motifs is 1. The maximum Gasteiger partial charge on any atom is 0.356 e. The lowest BCUT2D eigenvalue weighted by Crippen LogP contribution is -2.06. The number of rotatable bonds is 4. The topological polar surface area (TPSA) is 48.4 Å². The summed E-state index contributed by atoms with van der Waals surface area (Å²) in [6.45, 7) is 4.48. The second-order valence-electron chi connectivity index (χ2n) is 5.79. The number of nitrogens with zero attached hydrogens (tertiary/aromatic N) is 1. The molecule has 0 spiro atoms. The first-order chi connectivity index (χ1) is 11.6. The van der Waals surface area contributed by atoms with Crippen molar-refractivity contribution in [2.24, 2.45) is 0 Å². The summed E-state index contributed by atoms with van der Waals surface area (Å²) in [5.41, 5.74) is 4.33. The molecular formula is C20H19NO3. The van der Waals surface area contributed by atoms with Crippen LogP contribution in [0, 0.1) is 13.8 Å². The first-order valence-electron chi connectivity index (χ1n) is 7.75. The number of benzene rings is 2. The number of hydrogen-bond donors (Lipinski definition) is 0. The van der Waals surface area contributed by atoms with Crippen LogP contribution in [0.4, 0.5) is 0 Å². The minimum atomic E-state index is -0.474. The molecule has 4 heteroatoms. The summed E-state index contributed by atoms with van der Waals surface area (Å²) in [6, 6.07) is 15.7. The molecule has 0 atom stereocenters. The van der Waals surface area contributed by atoms with Crippen LogP contribution in [0.1, 0.15) is 27.2 Å². The predicted molar refractivity (Wildman–Crippen MR) is 93.3 cm³/mol. The molecular weight excluding hydrogens is 302 g/mol. The van der Waals surface area contributed by atoms with Crippen molar-refractivity contribution in [2.45, 2.75) is 20.5 Å². The number of pyridine rings is 1. The lowest BCUT2D eigenvalue weighted by Gasteiger charge is -2.12. The van der Waals surface area contributed by atoms with E-state index in [1.165, 1.54) is 12.7 Å². The summed E-state index contributed by atoms with van der Waals surface area (Å²) in [5.74, 6) is 0.155. The van der Waals surface area contributed by atoms with E-state index in [0.717, 1.165) is 16.5 Å². The van der Waals surface area contributed by atoms with Crippen LogP contribution in [-0.4, -0.2) is 18.1 Å². The van der Waals surface area contributed by atoms with E-state index in [9.17, 15) is 4.79 Å². The molecule has 0 fully saturated rings. The highest BCUT2D eigenvalue weighted by atomic mass is 16.5. The van der Waals surface area contributed by atoms with Gasteiger partial charge in [-0.25, -0.2) is 9.78 Å². The van der Waals surface area contributed by atoms with Crippen molar-refractivity contribution >= 4 is 16.9 Å². The Kier molecular flexibility index (Phi) is 4.47. The summed E-state index contributed by atoms with van der Waals surface area (Å²) in [7, 11) is 1.34. The van der Waals surface area contributed by atoms with Crippen molar-refractivity contribution < 1.29 is 14.3 Å². The first-order valence-corrected chi connectivity index (χ1v) is 7.75. The average Bonchev–Trinajstić information content (AvgIpc) is 2.60. The fourth-order valence-corrected chi connectivity index (χ4v) is 2.48. The molecule has 0 aliphatic rings. The highest BCUT2D eigenvalue weighted by Crippen LogP contribution is 2.27. The van der Waals surface area contributed by atoms with Crippen LogP contribution in [0.15, 0.2) is 48.5 Å². The van der Waals surface area contributed by atoms with Gasteiger partial charge in [-0.1, -0.05) is 41.5 Å². The van der Waals surface area contributed by atoms with E-state index in [2.05, 4.69) is 4.98 Å². The van der Waals surface area contributed by atoms with Gasteiger partial charge in [0.2, 0.25) is 0 Å². The number of ether oxygens (including phenoxy) is 2. The normalized spacial score (nSPS) is 10.6. The molecule has 0 aliphatic carbocycles. The Bertz CT molecular complexity index is 885. The van der Waals surface area contributed by atoms with Crippen LogP contribution in [0.2, 0.25) is 0 Å². The monoisotopic (exact) mass is 321 g/mol. The van der Waals surface area contributed by atoms with Crippen molar-refractivity contribution in [3.05, 3.63) is 70.9 Å². The predicted octanol–water partition coefficient (Wildman–Crippen LogP) is 4.22. The Hall–Kier alpha value is -2.88. The van der Waals surface area contributed by atoms with Gasteiger partial charge in [0.1, 0.15) is 12.4 Å². The SMILES string of the molecule is COC(=O)c1cc(OCc2ccc(C)cc2)c2cc(C)ccc2n1. The van der Waals surface area contributed by atoms with Gasteiger partial charge in [0.05, 0.1) is 12.6 Å². The van der Waals surface area contributed by atoms with Gasteiger partial charge in [0.15, 0.2) is 5.69 Å². The lowest BCUT2D eigenvalue weighted by molar-refractivity contribution is 0.0594. The zero-order valence-electron chi connectivity index (χ0n) is 14.0. The summed E-state index contributed by atoms with van der Waals surface area (Å²) in [4.78, 5) is 16.2. The van der Waals surface area contributed by atoms with Gasteiger partial charge in [0.25, 0.3) is 0 Å². The van der Waals surface area contributed by atoms with Gasteiger partial charge in [-0.05, 0) is 31.5 Å². The molecule has 0 saturated heterocycles. The van der Waals surface area contributed by atoms with Gasteiger partial charge >= 0.3 is 5.97 Å². The Balaban J connectivity index is 1.98. The summed E-state index contributed by atoms with van der Waals surface area (Å²) in [5, 5.41) is 0.884. The molecule has 0 saturated carbocycles. The van der Waals surface area contributed by atoms with Gasteiger partial charge < -0.3 is 9.47 Å². The number of esters is 1. The summed E-state index contributed by atoms with van der Waals surface area (Å²) in [6.07, 6.45) is 0. The maximum absolute atomic E-state index is 11.8. The van der Waals surface area contributed by atoms with Crippen LogP contribution >= 0.6 is 0 Å². The number of carbonyl (C=O) groups is 1. The van der Waals surface area contributed by atoms with E-state index in [1.807, 2.05) is 56.3 Å². The first kappa shape index (κ1) is 16.0. The van der Waals surface area contributed by atoms with Crippen molar-refractivity contribution in [1.29, 1.82) is 0 Å². The zero-order valence-corrected chi connectivity index (χ0v) is 14.0. The van der Waals surface area contributed by atoms with Gasteiger partial charge in [-0.2, -0.15) is 0 Å². The maximum atomic E-state index is 11.8. The van der Waals surface area contributed by atoms with E-state index in [-0.39, 0.29) is 5.69 Å². The molecule has 0 radical (unpaired) electrons. The summed E-state index contributed by atoms with van der Waals surface area (Å²) < 4.78 is 10.8. The Morgan fingerprint density at radius 3 is 2.42 bits per heavy atom. The molecule has 3 rings (SSSR count). The van der Waals surface area contributed by atoms with E-state index in [0.29, 0.717) is 17.9 Å². The molecule has 4 nitrogen and oxygen atoms in total. The molecule has 3 aromatic rings. The van der Waals surface area contributed by atoms with Crippen molar-refractivity contribution in [1.82, 2.24) is 4.98 Å². The Morgan fingerprint density at radius 2 is 1.71 bits per heavy atom. The minimum absolute atomic E-state index is 0.243.